The number of aryl methyl sites for hydroxylation is 3. The SMILES string of the molecule is Cc1cccc(N2C(=O)/C(=C/c3cc(C)ccc3C)c3ccccc3C2=O)c1. The molecule has 0 saturated carbocycles. The molecular weight excluding hydrogens is 346 g/mol. The number of nitrogens with zero attached hydrogens (tertiary/aromatic N) is 1. The van der Waals surface area contributed by atoms with Crippen LogP contribution in [-0.4, -0.2) is 11.8 Å². The van der Waals surface area contributed by atoms with Crippen LogP contribution in [0, 0.1) is 20.8 Å². The zero-order valence-corrected chi connectivity index (χ0v) is 16.2. The number of amides is 2. The van der Waals surface area contributed by atoms with Gasteiger partial charge in [-0.15, -0.1) is 0 Å². The molecule has 1 heterocycles. The van der Waals surface area contributed by atoms with Gasteiger partial charge in [-0.25, -0.2) is 4.90 Å². The summed E-state index contributed by atoms with van der Waals surface area (Å²) >= 11 is 0. The van der Waals surface area contributed by atoms with Gasteiger partial charge in [-0.1, -0.05) is 54.1 Å². The van der Waals surface area contributed by atoms with Crippen LogP contribution in [0.4, 0.5) is 5.69 Å². The predicted molar refractivity (Wildman–Crippen MR) is 113 cm³/mol. The van der Waals surface area contributed by atoms with Crippen molar-refractivity contribution in [3.63, 3.8) is 0 Å². The molecule has 138 valence electrons. The number of benzene rings is 3. The molecule has 3 nitrogen and oxygen atoms in total. The number of rotatable bonds is 2. The minimum atomic E-state index is -0.296. The smallest absolute Gasteiger partial charge is 0.265 e. The molecule has 0 atom stereocenters. The summed E-state index contributed by atoms with van der Waals surface area (Å²) < 4.78 is 0. The summed E-state index contributed by atoms with van der Waals surface area (Å²) in [5.74, 6) is -0.584. The Balaban J connectivity index is 1.94. The third-order valence-electron chi connectivity index (χ3n) is 5.08. The standard InChI is InChI=1S/C25H21NO2/c1-16-7-6-8-20(14-16)26-24(27)22-10-5-4-9-21(22)23(25(26)28)15-19-13-17(2)11-12-18(19)3/h4-15H,1-3H3/b23-15+. The zero-order chi connectivity index (χ0) is 19.8. The van der Waals surface area contributed by atoms with E-state index in [0.717, 1.165) is 22.3 Å². The van der Waals surface area contributed by atoms with Crippen LogP contribution in [0.5, 0.6) is 0 Å². The van der Waals surface area contributed by atoms with Crippen molar-refractivity contribution in [1.82, 2.24) is 0 Å². The fourth-order valence-electron chi connectivity index (χ4n) is 3.56. The number of carbonyl (C=O) groups is 2. The molecule has 0 spiro atoms. The highest BCUT2D eigenvalue weighted by Crippen LogP contribution is 2.34. The Kier molecular flexibility index (Phi) is 4.44. The van der Waals surface area contributed by atoms with E-state index >= 15 is 0 Å². The third-order valence-corrected chi connectivity index (χ3v) is 5.08. The Hall–Kier alpha value is -3.46. The normalized spacial score (nSPS) is 15.1. The van der Waals surface area contributed by atoms with Gasteiger partial charge in [0.15, 0.2) is 0 Å². The van der Waals surface area contributed by atoms with Crippen molar-refractivity contribution in [3.05, 3.63) is 100 Å². The number of hydrogen-bond acceptors (Lipinski definition) is 2. The van der Waals surface area contributed by atoms with E-state index in [9.17, 15) is 9.59 Å². The Morgan fingerprint density at radius 2 is 1.43 bits per heavy atom. The lowest BCUT2D eigenvalue weighted by Crippen LogP contribution is -2.41. The average molecular weight is 367 g/mol. The molecular formula is C25H21NO2. The Morgan fingerprint density at radius 3 is 2.18 bits per heavy atom. The van der Waals surface area contributed by atoms with Crippen LogP contribution in [0.25, 0.3) is 11.6 Å². The van der Waals surface area contributed by atoms with Crippen molar-refractivity contribution in [3.8, 4) is 0 Å². The number of anilines is 1. The number of carbonyl (C=O) groups excluding carboxylic acids is 2. The summed E-state index contributed by atoms with van der Waals surface area (Å²) in [6.45, 7) is 6.00. The maximum Gasteiger partial charge on any atom is 0.265 e. The van der Waals surface area contributed by atoms with E-state index in [1.807, 2.05) is 69.3 Å². The van der Waals surface area contributed by atoms with E-state index in [-0.39, 0.29) is 11.8 Å². The molecule has 2 amide bonds. The van der Waals surface area contributed by atoms with Crippen molar-refractivity contribution in [1.29, 1.82) is 0 Å². The molecule has 0 radical (unpaired) electrons. The minimum absolute atomic E-state index is 0.288. The molecule has 0 unspecified atom stereocenters. The maximum absolute atomic E-state index is 13.4. The molecule has 28 heavy (non-hydrogen) atoms. The van der Waals surface area contributed by atoms with Crippen molar-refractivity contribution >= 4 is 29.2 Å². The topological polar surface area (TPSA) is 37.4 Å². The molecule has 1 aliphatic rings. The van der Waals surface area contributed by atoms with Crippen LogP contribution in [0.2, 0.25) is 0 Å². The van der Waals surface area contributed by atoms with Crippen LogP contribution in [0.15, 0.2) is 66.7 Å². The van der Waals surface area contributed by atoms with Gasteiger partial charge >= 0.3 is 0 Å². The molecule has 4 rings (SSSR count). The first kappa shape index (κ1) is 17.9. The summed E-state index contributed by atoms with van der Waals surface area (Å²) in [7, 11) is 0. The van der Waals surface area contributed by atoms with Gasteiger partial charge in [-0.3, -0.25) is 9.59 Å². The molecule has 0 aromatic heterocycles. The average Bonchev–Trinajstić information content (AvgIpc) is 2.68. The zero-order valence-electron chi connectivity index (χ0n) is 16.2. The highest BCUT2D eigenvalue weighted by atomic mass is 16.2. The van der Waals surface area contributed by atoms with Crippen LogP contribution < -0.4 is 4.90 Å². The Bertz CT molecular complexity index is 1140. The highest BCUT2D eigenvalue weighted by Gasteiger charge is 2.35. The van der Waals surface area contributed by atoms with Crippen LogP contribution in [0.1, 0.15) is 38.2 Å². The van der Waals surface area contributed by atoms with Crippen LogP contribution >= 0.6 is 0 Å². The van der Waals surface area contributed by atoms with E-state index in [2.05, 4.69) is 12.1 Å². The summed E-state index contributed by atoms with van der Waals surface area (Å²) in [6.07, 6.45) is 1.90. The second kappa shape index (κ2) is 6.93. The van der Waals surface area contributed by atoms with E-state index in [1.54, 1.807) is 12.1 Å². The molecule has 0 aliphatic carbocycles. The van der Waals surface area contributed by atoms with Gasteiger partial charge in [-0.2, -0.15) is 0 Å². The molecule has 3 aromatic rings. The summed E-state index contributed by atoms with van der Waals surface area (Å²) in [5.41, 5.74) is 6.54. The lowest BCUT2D eigenvalue weighted by atomic mass is 9.90. The fraction of sp³-hybridized carbons (Fsp3) is 0.120. The van der Waals surface area contributed by atoms with Crippen molar-refractivity contribution < 1.29 is 9.59 Å². The lowest BCUT2D eigenvalue weighted by Gasteiger charge is -2.29. The lowest BCUT2D eigenvalue weighted by molar-refractivity contribution is -0.112. The Morgan fingerprint density at radius 1 is 0.714 bits per heavy atom. The number of fused-ring (bicyclic) bond motifs is 1. The predicted octanol–water partition coefficient (Wildman–Crippen LogP) is 5.34. The first-order valence-electron chi connectivity index (χ1n) is 9.29. The largest absolute Gasteiger partial charge is 0.268 e. The van der Waals surface area contributed by atoms with Gasteiger partial charge in [0.25, 0.3) is 11.8 Å². The maximum atomic E-state index is 13.4. The van der Waals surface area contributed by atoms with Gasteiger partial charge in [0.05, 0.1) is 5.69 Å². The first-order chi connectivity index (χ1) is 13.5. The molecule has 3 heteroatoms. The minimum Gasteiger partial charge on any atom is -0.268 e. The van der Waals surface area contributed by atoms with Crippen molar-refractivity contribution in [2.45, 2.75) is 20.8 Å². The third kappa shape index (κ3) is 3.05. The molecule has 0 bridgehead atoms. The van der Waals surface area contributed by atoms with E-state index in [4.69, 9.17) is 0 Å². The first-order valence-corrected chi connectivity index (χ1v) is 9.29. The Labute approximate surface area is 164 Å². The molecule has 1 aliphatic heterocycles. The van der Waals surface area contributed by atoms with Crippen LogP contribution in [0.3, 0.4) is 0 Å². The quantitative estimate of drug-likeness (QED) is 0.453. The highest BCUT2D eigenvalue weighted by molar-refractivity contribution is 6.43. The monoisotopic (exact) mass is 367 g/mol. The van der Waals surface area contributed by atoms with Gasteiger partial charge in [0.1, 0.15) is 0 Å². The molecule has 0 N–H and O–H groups in total. The fourth-order valence-corrected chi connectivity index (χ4v) is 3.56. The van der Waals surface area contributed by atoms with Gasteiger partial charge in [0, 0.05) is 11.1 Å². The summed E-state index contributed by atoms with van der Waals surface area (Å²) in [4.78, 5) is 27.9. The summed E-state index contributed by atoms with van der Waals surface area (Å²) in [5, 5.41) is 0. The van der Waals surface area contributed by atoms with Gasteiger partial charge in [0.2, 0.25) is 0 Å². The molecule has 3 aromatic carbocycles. The summed E-state index contributed by atoms with van der Waals surface area (Å²) in [6, 6.07) is 20.9. The second-order valence-electron chi connectivity index (χ2n) is 7.25. The molecule has 0 fully saturated rings. The van der Waals surface area contributed by atoms with E-state index in [0.29, 0.717) is 22.4 Å². The van der Waals surface area contributed by atoms with Gasteiger partial charge in [-0.05, 0) is 67.3 Å². The van der Waals surface area contributed by atoms with Gasteiger partial charge < -0.3 is 0 Å². The number of hydrogen-bond donors (Lipinski definition) is 0. The van der Waals surface area contributed by atoms with Crippen molar-refractivity contribution in [2.24, 2.45) is 0 Å². The van der Waals surface area contributed by atoms with Crippen molar-refractivity contribution in [2.75, 3.05) is 4.90 Å². The number of imide groups is 1. The second-order valence-corrected chi connectivity index (χ2v) is 7.25. The molecule has 0 saturated heterocycles. The van der Waals surface area contributed by atoms with Crippen LogP contribution in [-0.2, 0) is 4.79 Å². The van der Waals surface area contributed by atoms with E-state index in [1.165, 1.54) is 4.90 Å². The van der Waals surface area contributed by atoms with E-state index < -0.39 is 0 Å².